The van der Waals surface area contributed by atoms with E-state index in [-0.39, 0.29) is 17.7 Å². The first-order valence-corrected chi connectivity index (χ1v) is 8.60. The third kappa shape index (κ3) is 4.00. The van der Waals surface area contributed by atoms with Crippen LogP contribution < -0.4 is 16.1 Å². The van der Waals surface area contributed by atoms with Crippen LogP contribution in [0.1, 0.15) is 16.1 Å². The van der Waals surface area contributed by atoms with Gasteiger partial charge in [-0.05, 0) is 47.1 Å². The fraction of sp³-hybridized carbons (Fsp3) is 0.105. The van der Waals surface area contributed by atoms with Gasteiger partial charge in [0.25, 0.3) is 5.91 Å². The van der Waals surface area contributed by atoms with E-state index in [1.807, 2.05) is 13.0 Å². The van der Waals surface area contributed by atoms with E-state index < -0.39 is 11.8 Å². The number of nitrogens with one attached hydrogen (secondary N) is 2. The summed E-state index contributed by atoms with van der Waals surface area (Å²) in [5.41, 5.74) is 1.54. The first kappa shape index (κ1) is 17.9. The van der Waals surface area contributed by atoms with Crippen LogP contribution in [0.3, 0.4) is 0 Å². The molecule has 0 saturated carbocycles. The lowest BCUT2D eigenvalue weighted by Crippen LogP contribution is -2.33. The molecule has 0 unspecified atom stereocenters. The number of hydrogen-bond donors (Lipinski definition) is 2. The molecule has 2 amide bonds. The van der Waals surface area contributed by atoms with Gasteiger partial charge in [0.15, 0.2) is 11.2 Å². The quantitative estimate of drug-likeness (QED) is 0.685. The van der Waals surface area contributed by atoms with Crippen molar-refractivity contribution in [2.75, 3.05) is 11.9 Å². The van der Waals surface area contributed by atoms with Crippen LogP contribution in [0.4, 0.5) is 5.69 Å². The average molecular weight is 415 g/mol. The number of aryl methyl sites for hydroxylation is 1. The van der Waals surface area contributed by atoms with Gasteiger partial charge in [0.05, 0.1) is 17.6 Å². The molecular weight excluding hydrogens is 400 g/mol. The maximum absolute atomic E-state index is 12.2. The van der Waals surface area contributed by atoms with Crippen LogP contribution >= 0.6 is 15.9 Å². The van der Waals surface area contributed by atoms with E-state index in [0.717, 1.165) is 16.1 Å². The van der Waals surface area contributed by atoms with Gasteiger partial charge in [-0.15, -0.1) is 0 Å². The Kier molecular flexibility index (Phi) is 5.18. The maximum atomic E-state index is 12.2. The van der Waals surface area contributed by atoms with Gasteiger partial charge >= 0.3 is 0 Å². The zero-order valence-electron chi connectivity index (χ0n) is 13.8. The number of para-hydroxylation sites is 1. The van der Waals surface area contributed by atoms with Gasteiger partial charge in [-0.1, -0.05) is 23.8 Å². The number of amides is 2. The number of hydrogen-bond acceptors (Lipinski definition) is 4. The molecule has 0 radical (unpaired) electrons. The summed E-state index contributed by atoms with van der Waals surface area (Å²) in [4.78, 5) is 36.3. The molecule has 26 heavy (non-hydrogen) atoms. The van der Waals surface area contributed by atoms with Crippen molar-refractivity contribution in [3.05, 3.63) is 74.6 Å². The monoisotopic (exact) mass is 414 g/mol. The predicted octanol–water partition coefficient (Wildman–Crippen LogP) is 3.23. The van der Waals surface area contributed by atoms with Crippen LogP contribution in [-0.4, -0.2) is 18.4 Å². The van der Waals surface area contributed by atoms with E-state index in [2.05, 4.69) is 26.6 Å². The fourth-order valence-corrected chi connectivity index (χ4v) is 2.77. The van der Waals surface area contributed by atoms with Gasteiger partial charge in [0.2, 0.25) is 5.91 Å². The van der Waals surface area contributed by atoms with Crippen molar-refractivity contribution in [1.82, 2.24) is 5.32 Å². The molecule has 0 atom stereocenters. The Labute approximate surface area is 157 Å². The molecule has 132 valence electrons. The van der Waals surface area contributed by atoms with E-state index in [1.165, 1.54) is 0 Å². The van der Waals surface area contributed by atoms with Gasteiger partial charge in [-0.25, -0.2) is 0 Å². The Hall–Kier alpha value is -2.93. The second-order valence-corrected chi connectivity index (χ2v) is 6.54. The van der Waals surface area contributed by atoms with Gasteiger partial charge in [-0.3, -0.25) is 14.4 Å². The zero-order chi connectivity index (χ0) is 18.7. The third-order valence-electron chi connectivity index (χ3n) is 3.66. The summed E-state index contributed by atoms with van der Waals surface area (Å²) in [7, 11) is 0. The Morgan fingerprint density at radius 2 is 1.88 bits per heavy atom. The number of rotatable bonds is 4. The van der Waals surface area contributed by atoms with Crippen LogP contribution in [0.15, 0.2) is 62.2 Å². The van der Waals surface area contributed by atoms with Gasteiger partial charge < -0.3 is 15.1 Å². The molecule has 3 aromatic rings. The van der Waals surface area contributed by atoms with Gasteiger partial charge in [0, 0.05) is 10.5 Å². The zero-order valence-corrected chi connectivity index (χ0v) is 15.4. The first-order valence-electron chi connectivity index (χ1n) is 7.81. The van der Waals surface area contributed by atoms with E-state index >= 15 is 0 Å². The van der Waals surface area contributed by atoms with Gasteiger partial charge in [0.1, 0.15) is 5.58 Å². The van der Waals surface area contributed by atoms with Crippen molar-refractivity contribution in [2.24, 2.45) is 0 Å². The summed E-state index contributed by atoms with van der Waals surface area (Å²) in [6.45, 7) is 1.61. The Morgan fingerprint density at radius 1 is 1.12 bits per heavy atom. The SMILES string of the molecule is Cc1ccc2oc(C(=O)NCC(=O)Nc3ccccc3Br)cc(=O)c2c1. The summed E-state index contributed by atoms with van der Waals surface area (Å²) < 4.78 is 6.21. The summed E-state index contributed by atoms with van der Waals surface area (Å²) in [5, 5.41) is 5.52. The van der Waals surface area contributed by atoms with Crippen molar-refractivity contribution >= 4 is 44.4 Å². The van der Waals surface area contributed by atoms with E-state index in [1.54, 1.807) is 36.4 Å². The van der Waals surface area contributed by atoms with Crippen molar-refractivity contribution < 1.29 is 14.0 Å². The van der Waals surface area contributed by atoms with Crippen LogP contribution in [0.2, 0.25) is 0 Å². The first-order chi connectivity index (χ1) is 12.4. The predicted molar refractivity (Wildman–Crippen MR) is 102 cm³/mol. The number of benzene rings is 2. The van der Waals surface area contributed by atoms with E-state index in [9.17, 15) is 14.4 Å². The van der Waals surface area contributed by atoms with Gasteiger partial charge in [-0.2, -0.15) is 0 Å². The minimum absolute atomic E-state index is 0.139. The highest BCUT2D eigenvalue weighted by molar-refractivity contribution is 9.10. The summed E-state index contributed by atoms with van der Waals surface area (Å²) >= 11 is 3.33. The molecular formula is C19H15BrN2O4. The molecule has 1 heterocycles. The molecule has 2 N–H and O–H groups in total. The summed E-state index contributed by atoms with van der Waals surface area (Å²) in [6, 6.07) is 13.4. The molecule has 0 aliphatic heterocycles. The molecule has 2 aromatic carbocycles. The molecule has 7 heteroatoms. The molecule has 6 nitrogen and oxygen atoms in total. The van der Waals surface area contributed by atoms with E-state index in [4.69, 9.17) is 4.42 Å². The average Bonchev–Trinajstić information content (AvgIpc) is 2.62. The third-order valence-corrected chi connectivity index (χ3v) is 4.36. The van der Waals surface area contributed by atoms with Crippen molar-refractivity contribution in [3.8, 4) is 0 Å². The number of carbonyl (C=O) groups is 2. The normalized spacial score (nSPS) is 10.5. The molecule has 0 aliphatic rings. The Morgan fingerprint density at radius 3 is 2.65 bits per heavy atom. The lowest BCUT2D eigenvalue weighted by Gasteiger charge is -2.08. The highest BCUT2D eigenvalue weighted by atomic mass is 79.9. The number of anilines is 1. The maximum Gasteiger partial charge on any atom is 0.287 e. The van der Waals surface area contributed by atoms with Crippen molar-refractivity contribution in [2.45, 2.75) is 6.92 Å². The largest absolute Gasteiger partial charge is 0.451 e. The number of halogens is 1. The van der Waals surface area contributed by atoms with Crippen LogP contribution in [-0.2, 0) is 4.79 Å². The Bertz CT molecular complexity index is 1060. The van der Waals surface area contributed by atoms with Crippen LogP contribution in [0.25, 0.3) is 11.0 Å². The highest BCUT2D eigenvalue weighted by Gasteiger charge is 2.14. The molecule has 0 aliphatic carbocycles. The molecule has 0 fully saturated rings. The smallest absolute Gasteiger partial charge is 0.287 e. The second-order valence-electron chi connectivity index (χ2n) is 5.69. The minimum Gasteiger partial charge on any atom is -0.451 e. The molecule has 1 aromatic heterocycles. The Balaban J connectivity index is 1.69. The van der Waals surface area contributed by atoms with Crippen molar-refractivity contribution in [3.63, 3.8) is 0 Å². The van der Waals surface area contributed by atoms with E-state index in [0.29, 0.717) is 16.7 Å². The number of fused-ring (bicyclic) bond motifs is 1. The molecule has 0 bridgehead atoms. The standard InChI is InChI=1S/C19H15BrN2O4/c1-11-6-7-16-12(8-11)15(23)9-17(26-16)19(25)21-10-18(24)22-14-5-3-2-4-13(14)20/h2-9H,10H2,1H3,(H,21,25)(H,22,24). The number of carbonyl (C=O) groups excluding carboxylic acids is 2. The van der Waals surface area contributed by atoms with Crippen molar-refractivity contribution in [1.29, 1.82) is 0 Å². The summed E-state index contributed by atoms with van der Waals surface area (Å²) in [6.07, 6.45) is 0. The lowest BCUT2D eigenvalue weighted by molar-refractivity contribution is -0.115. The van der Waals surface area contributed by atoms with Crippen LogP contribution in [0, 0.1) is 6.92 Å². The topological polar surface area (TPSA) is 88.4 Å². The lowest BCUT2D eigenvalue weighted by atomic mass is 10.1. The molecule has 3 rings (SSSR count). The minimum atomic E-state index is -0.633. The highest BCUT2D eigenvalue weighted by Crippen LogP contribution is 2.20. The summed E-state index contributed by atoms with van der Waals surface area (Å²) in [5.74, 6) is -1.17. The second kappa shape index (κ2) is 7.53. The molecule has 0 saturated heterocycles. The fourth-order valence-electron chi connectivity index (χ4n) is 2.39. The van der Waals surface area contributed by atoms with Crippen LogP contribution in [0.5, 0.6) is 0 Å². The molecule has 0 spiro atoms.